The lowest BCUT2D eigenvalue weighted by molar-refractivity contribution is -0.147. The topological polar surface area (TPSA) is 41.6 Å². The monoisotopic (exact) mass is 296 g/mol. The lowest BCUT2D eigenvalue weighted by atomic mass is 10.0. The van der Waals surface area contributed by atoms with E-state index in [1.807, 2.05) is 31.7 Å². The van der Waals surface area contributed by atoms with E-state index in [1.165, 1.54) is 19.2 Å². The van der Waals surface area contributed by atoms with Crippen molar-refractivity contribution < 1.29 is 13.9 Å². The molecule has 0 aliphatic heterocycles. The van der Waals surface area contributed by atoms with Gasteiger partial charge in [0.05, 0.1) is 7.11 Å². The third-order valence-corrected chi connectivity index (χ3v) is 3.46. The Balaban J connectivity index is 2.96. The summed E-state index contributed by atoms with van der Waals surface area (Å²) in [7, 11) is 1.38. The molecule has 21 heavy (non-hydrogen) atoms. The molecule has 1 N–H and O–H groups in total. The van der Waals surface area contributed by atoms with Crippen molar-refractivity contribution in [2.45, 2.75) is 32.7 Å². The Hall–Kier alpha value is -1.62. The Morgan fingerprint density at radius 2 is 2.14 bits per heavy atom. The number of hydrogen-bond donors (Lipinski definition) is 1. The van der Waals surface area contributed by atoms with Crippen molar-refractivity contribution in [2.24, 2.45) is 0 Å². The average Bonchev–Trinajstić information content (AvgIpc) is 2.49. The second-order valence-electron chi connectivity index (χ2n) is 5.24. The summed E-state index contributed by atoms with van der Waals surface area (Å²) in [6, 6.07) is 6.39. The SMILES string of the molecule is CCCNC(C)(CN(CC)c1cccc(F)c1)C(=O)OC. The fraction of sp³-hybridized carbons (Fsp3) is 0.562. The van der Waals surface area contributed by atoms with E-state index >= 15 is 0 Å². The summed E-state index contributed by atoms with van der Waals surface area (Å²) >= 11 is 0. The zero-order valence-electron chi connectivity index (χ0n) is 13.3. The Kier molecular flexibility index (Phi) is 6.62. The van der Waals surface area contributed by atoms with Crippen molar-refractivity contribution in [2.75, 3.05) is 31.6 Å². The van der Waals surface area contributed by atoms with Crippen LogP contribution in [-0.2, 0) is 9.53 Å². The molecule has 118 valence electrons. The first-order valence-electron chi connectivity index (χ1n) is 7.30. The summed E-state index contributed by atoms with van der Waals surface area (Å²) in [6.45, 7) is 7.63. The molecule has 1 aromatic carbocycles. The first-order valence-corrected chi connectivity index (χ1v) is 7.30. The van der Waals surface area contributed by atoms with Crippen LogP contribution in [0.25, 0.3) is 0 Å². The number of likely N-dealkylation sites (N-methyl/N-ethyl adjacent to an activating group) is 1. The third kappa shape index (κ3) is 4.70. The minimum Gasteiger partial charge on any atom is -0.468 e. The minimum absolute atomic E-state index is 0.285. The minimum atomic E-state index is -0.826. The molecule has 0 saturated heterocycles. The molecule has 1 aromatic rings. The van der Waals surface area contributed by atoms with Gasteiger partial charge in [-0.2, -0.15) is 0 Å². The van der Waals surface area contributed by atoms with Crippen LogP contribution in [-0.4, -0.2) is 38.3 Å². The molecule has 1 unspecified atom stereocenters. The predicted octanol–water partition coefficient (Wildman–Crippen LogP) is 2.58. The van der Waals surface area contributed by atoms with Crippen LogP contribution in [0.2, 0.25) is 0 Å². The molecule has 0 saturated carbocycles. The number of nitrogens with zero attached hydrogens (tertiary/aromatic N) is 1. The van der Waals surface area contributed by atoms with Gasteiger partial charge < -0.3 is 15.0 Å². The van der Waals surface area contributed by atoms with Gasteiger partial charge in [0, 0.05) is 18.8 Å². The summed E-state index contributed by atoms with van der Waals surface area (Å²) in [5.41, 5.74) is -0.0708. The second-order valence-corrected chi connectivity index (χ2v) is 5.24. The van der Waals surface area contributed by atoms with Crippen LogP contribution >= 0.6 is 0 Å². The van der Waals surface area contributed by atoms with Gasteiger partial charge in [-0.25, -0.2) is 9.18 Å². The highest BCUT2D eigenvalue weighted by atomic mass is 19.1. The van der Waals surface area contributed by atoms with E-state index in [0.29, 0.717) is 19.6 Å². The molecule has 0 amide bonds. The number of benzene rings is 1. The van der Waals surface area contributed by atoms with E-state index in [1.54, 1.807) is 6.07 Å². The quantitative estimate of drug-likeness (QED) is 0.749. The zero-order chi connectivity index (χ0) is 15.9. The normalized spacial score (nSPS) is 13.6. The van der Waals surface area contributed by atoms with E-state index in [9.17, 15) is 9.18 Å². The number of nitrogens with one attached hydrogen (secondary N) is 1. The van der Waals surface area contributed by atoms with Crippen molar-refractivity contribution in [3.05, 3.63) is 30.1 Å². The van der Waals surface area contributed by atoms with Crippen molar-refractivity contribution in [3.8, 4) is 0 Å². The first kappa shape index (κ1) is 17.4. The van der Waals surface area contributed by atoms with E-state index in [4.69, 9.17) is 4.74 Å². The number of halogens is 1. The van der Waals surface area contributed by atoms with Gasteiger partial charge in [0.25, 0.3) is 0 Å². The molecule has 4 nitrogen and oxygen atoms in total. The summed E-state index contributed by atoms with van der Waals surface area (Å²) in [4.78, 5) is 14.1. The first-order chi connectivity index (χ1) is 9.96. The summed E-state index contributed by atoms with van der Waals surface area (Å²) in [5.74, 6) is -0.599. The third-order valence-electron chi connectivity index (χ3n) is 3.46. The largest absolute Gasteiger partial charge is 0.468 e. The number of carbonyl (C=O) groups is 1. The second kappa shape index (κ2) is 7.98. The van der Waals surface area contributed by atoms with E-state index in [2.05, 4.69) is 5.32 Å². The number of esters is 1. The molecule has 0 heterocycles. The van der Waals surface area contributed by atoms with Crippen LogP contribution in [0.3, 0.4) is 0 Å². The van der Waals surface area contributed by atoms with Crippen LogP contribution in [0.15, 0.2) is 24.3 Å². The Morgan fingerprint density at radius 1 is 1.43 bits per heavy atom. The van der Waals surface area contributed by atoms with Gasteiger partial charge in [-0.3, -0.25) is 0 Å². The fourth-order valence-electron chi connectivity index (χ4n) is 2.26. The highest BCUT2D eigenvalue weighted by molar-refractivity contribution is 5.81. The Labute approximate surface area is 126 Å². The molecule has 0 aliphatic carbocycles. The molecular formula is C16H25FN2O2. The van der Waals surface area contributed by atoms with Gasteiger partial charge in [-0.15, -0.1) is 0 Å². The smallest absolute Gasteiger partial charge is 0.327 e. The number of ether oxygens (including phenoxy) is 1. The molecule has 5 heteroatoms. The molecule has 0 spiro atoms. The van der Waals surface area contributed by atoms with Gasteiger partial charge in [0.15, 0.2) is 0 Å². The van der Waals surface area contributed by atoms with Crippen LogP contribution in [0.5, 0.6) is 0 Å². The number of carbonyl (C=O) groups excluding carboxylic acids is 1. The van der Waals surface area contributed by atoms with Gasteiger partial charge in [0.2, 0.25) is 0 Å². The molecule has 1 rings (SSSR count). The van der Waals surface area contributed by atoms with Crippen molar-refractivity contribution in [3.63, 3.8) is 0 Å². The molecular weight excluding hydrogens is 271 g/mol. The Bertz CT molecular complexity index is 467. The highest BCUT2D eigenvalue weighted by Crippen LogP contribution is 2.19. The van der Waals surface area contributed by atoms with Crippen molar-refractivity contribution in [1.82, 2.24) is 5.32 Å². The molecule has 0 radical (unpaired) electrons. The lowest BCUT2D eigenvalue weighted by Gasteiger charge is -2.35. The van der Waals surface area contributed by atoms with Gasteiger partial charge >= 0.3 is 5.97 Å². The number of methoxy groups -OCH3 is 1. The number of hydrogen-bond acceptors (Lipinski definition) is 4. The maximum absolute atomic E-state index is 13.4. The van der Waals surface area contributed by atoms with Crippen LogP contribution in [0, 0.1) is 5.82 Å². The highest BCUT2D eigenvalue weighted by Gasteiger charge is 2.35. The summed E-state index contributed by atoms with van der Waals surface area (Å²) < 4.78 is 18.3. The van der Waals surface area contributed by atoms with E-state index in [-0.39, 0.29) is 11.8 Å². The number of anilines is 1. The maximum atomic E-state index is 13.4. The van der Waals surface area contributed by atoms with E-state index < -0.39 is 5.54 Å². The molecule has 0 aromatic heterocycles. The van der Waals surface area contributed by atoms with Gasteiger partial charge in [0.1, 0.15) is 11.4 Å². The van der Waals surface area contributed by atoms with Crippen molar-refractivity contribution in [1.29, 1.82) is 0 Å². The Morgan fingerprint density at radius 3 is 2.67 bits per heavy atom. The van der Waals surface area contributed by atoms with E-state index in [0.717, 1.165) is 12.1 Å². The van der Waals surface area contributed by atoms with Crippen LogP contribution in [0.4, 0.5) is 10.1 Å². The van der Waals surface area contributed by atoms with Gasteiger partial charge in [-0.05, 0) is 45.0 Å². The predicted molar refractivity (Wildman–Crippen MR) is 83.0 cm³/mol. The number of rotatable bonds is 8. The fourth-order valence-corrected chi connectivity index (χ4v) is 2.26. The molecule has 0 aliphatic rings. The average molecular weight is 296 g/mol. The van der Waals surface area contributed by atoms with Gasteiger partial charge in [-0.1, -0.05) is 13.0 Å². The standard InChI is InChI=1S/C16H25FN2O2/c1-5-10-18-16(3,15(20)21-4)12-19(6-2)14-9-7-8-13(17)11-14/h7-9,11,18H,5-6,10,12H2,1-4H3. The van der Waals surface area contributed by atoms with Crippen LogP contribution in [0.1, 0.15) is 27.2 Å². The molecule has 0 fully saturated rings. The summed E-state index contributed by atoms with van der Waals surface area (Å²) in [6.07, 6.45) is 0.915. The molecule has 1 atom stereocenters. The van der Waals surface area contributed by atoms with Crippen LogP contribution < -0.4 is 10.2 Å². The zero-order valence-corrected chi connectivity index (χ0v) is 13.3. The lowest BCUT2D eigenvalue weighted by Crippen LogP contribution is -2.57. The maximum Gasteiger partial charge on any atom is 0.327 e. The van der Waals surface area contributed by atoms with Crippen molar-refractivity contribution >= 4 is 11.7 Å². The summed E-state index contributed by atoms with van der Waals surface area (Å²) in [5, 5.41) is 3.24. The molecule has 0 bridgehead atoms.